The molecule has 0 aliphatic heterocycles. The zero-order chi connectivity index (χ0) is 12.1. The Morgan fingerprint density at radius 3 is 2.38 bits per heavy atom. The Bertz CT molecular complexity index is 456. The van der Waals surface area contributed by atoms with E-state index < -0.39 is 11.3 Å². The predicted octanol–water partition coefficient (Wildman–Crippen LogP) is 1.12. The van der Waals surface area contributed by atoms with Gasteiger partial charge in [-0.3, -0.25) is 9.27 Å². The molecule has 1 atom stereocenters. The van der Waals surface area contributed by atoms with Gasteiger partial charge in [0.2, 0.25) is 0 Å². The number of methoxy groups -OCH3 is 2. The SMILES string of the molecule is COc1cc(C#N)c(NS(=O)O)cc1OC. The molecule has 0 radical (unpaired) electrons. The number of nitrogens with one attached hydrogen (secondary N) is 1. The zero-order valence-corrected chi connectivity index (χ0v) is 9.50. The number of nitrogens with zero attached hydrogens (tertiary/aromatic N) is 1. The van der Waals surface area contributed by atoms with Crippen LogP contribution in [-0.2, 0) is 11.3 Å². The summed E-state index contributed by atoms with van der Waals surface area (Å²) < 4.78 is 31.5. The second kappa shape index (κ2) is 5.34. The summed E-state index contributed by atoms with van der Waals surface area (Å²) in [6.45, 7) is 0. The van der Waals surface area contributed by atoms with E-state index in [2.05, 4.69) is 4.72 Å². The lowest BCUT2D eigenvalue weighted by Crippen LogP contribution is -2.04. The smallest absolute Gasteiger partial charge is 0.259 e. The Balaban J connectivity index is 3.27. The largest absolute Gasteiger partial charge is 0.493 e. The second-order valence-corrected chi connectivity index (χ2v) is 3.42. The van der Waals surface area contributed by atoms with Crippen molar-refractivity contribution < 1.29 is 18.2 Å². The molecule has 0 amide bonds. The molecule has 1 aromatic carbocycles. The molecular weight excluding hydrogens is 232 g/mol. The molecule has 2 N–H and O–H groups in total. The molecule has 0 fully saturated rings. The van der Waals surface area contributed by atoms with Gasteiger partial charge in [0.25, 0.3) is 11.3 Å². The number of nitriles is 1. The van der Waals surface area contributed by atoms with Gasteiger partial charge in [0.1, 0.15) is 6.07 Å². The maximum Gasteiger partial charge on any atom is 0.259 e. The number of ether oxygens (including phenoxy) is 2. The lowest BCUT2D eigenvalue weighted by molar-refractivity contribution is 0.355. The van der Waals surface area contributed by atoms with Gasteiger partial charge >= 0.3 is 0 Å². The number of hydrogen-bond donors (Lipinski definition) is 2. The van der Waals surface area contributed by atoms with Gasteiger partial charge in [-0.2, -0.15) is 5.26 Å². The molecule has 7 heteroatoms. The third-order valence-electron chi connectivity index (χ3n) is 1.84. The van der Waals surface area contributed by atoms with Gasteiger partial charge in [-0.15, -0.1) is 0 Å². The molecule has 0 spiro atoms. The van der Waals surface area contributed by atoms with E-state index in [-0.39, 0.29) is 11.3 Å². The maximum atomic E-state index is 10.6. The highest BCUT2D eigenvalue weighted by atomic mass is 32.2. The molecule has 1 aromatic rings. The summed E-state index contributed by atoms with van der Waals surface area (Å²) in [7, 11) is 2.87. The third-order valence-corrected chi connectivity index (χ3v) is 2.24. The van der Waals surface area contributed by atoms with Crippen molar-refractivity contribution in [3.63, 3.8) is 0 Å². The van der Waals surface area contributed by atoms with Crippen LogP contribution in [0.3, 0.4) is 0 Å². The van der Waals surface area contributed by atoms with Crippen molar-refractivity contribution in [1.29, 1.82) is 5.26 Å². The molecule has 0 bridgehead atoms. The quantitative estimate of drug-likeness (QED) is 0.772. The molecule has 16 heavy (non-hydrogen) atoms. The van der Waals surface area contributed by atoms with E-state index in [0.717, 1.165) is 0 Å². The average molecular weight is 242 g/mol. The summed E-state index contributed by atoms with van der Waals surface area (Å²) in [5, 5.41) is 8.85. The summed E-state index contributed by atoms with van der Waals surface area (Å²) in [4.78, 5) is 0. The van der Waals surface area contributed by atoms with Crippen LogP contribution in [0.15, 0.2) is 12.1 Å². The highest BCUT2D eigenvalue weighted by molar-refractivity contribution is 7.80. The fraction of sp³-hybridized carbons (Fsp3) is 0.222. The molecule has 0 aromatic heterocycles. The molecule has 0 aliphatic rings. The standard InChI is InChI=1S/C9H10N2O4S/c1-14-8-3-6(5-10)7(11-16(12)13)4-9(8)15-2/h3-4,11H,1-2H3,(H,12,13). The molecule has 0 aliphatic carbocycles. The Morgan fingerprint density at radius 1 is 1.38 bits per heavy atom. The van der Waals surface area contributed by atoms with Gasteiger partial charge < -0.3 is 9.47 Å². The van der Waals surface area contributed by atoms with Crippen molar-refractivity contribution in [2.45, 2.75) is 0 Å². The molecule has 1 rings (SSSR count). The van der Waals surface area contributed by atoms with Gasteiger partial charge in [0.15, 0.2) is 11.5 Å². The summed E-state index contributed by atoms with van der Waals surface area (Å²) in [6.07, 6.45) is 0. The minimum atomic E-state index is -2.24. The molecule has 0 heterocycles. The van der Waals surface area contributed by atoms with Crippen molar-refractivity contribution >= 4 is 17.0 Å². The first kappa shape index (κ1) is 12.3. The molecule has 1 unspecified atom stereocenters. The molecular formula is C9H10N2O4S. The van der Waals surface area contributed by atoms with Crippen LogP contribution in [0.25, 0.3) is 0 Å². The number of rotatable bonds is 4. The Labute approximate surface area is 95.2 Å². The lowest BCUT2D eigenvalue weighted by Gasteiger charge is -2.11. The van der Waals surface area contributed by atoms with Crippen LogP contribution in [-0.4, -0.2) is 23.0 Å². The fourth-order valence-corrected chi connectivity index (χ4v) is 1.51. The van der Waals surface area contributed by atoms with Crippen LogP contribution in [0.5, 0.6) is 11.5 Å². The van der Waals surface area contributed by atoms with Gasteiger partial charge in [0, 0.05) is 12.1 Å². The summed E-state index contributed by atoms with van der Waals surface area (Å²) >= 11 is -2.24. The van der Waals surface area contributed by atoms with Crippen LogP contribution in [0, 0.1) is 11.3 Å². The zero-order valence-electron chi connectivity index (χ0n) is 8.68. The van der Waals surface area contributed by atoms with Gasteiger partial charge in [-0.1, -0.05) is 0 Å². The van der Waals surface area contributed by atoms with E-state index in [1.54, 1.807) is 0 Å². The molecule has 0 saturated heterocycles. The highest BCUT2D eigenvalue weighted by Gasteiger charge is 2.11. The van der Waals surface area contributed by atoms with Crippen molar-refractivity contribution in [1.82, 2.24) is 0 Å². The van der Waals surface area contributed by atoms with Crippen molar-refractivity contribution in [3.05, 3.63) is 17.7 Å². The third kappa shape index (κ3) is 2.62. The minimum Gasteiger partial charge on any atom is -0.493 e. The van der Waals surface area contributed by atoms with E-state index in [9.17, 15) is 4.21 Å². The van der Waals surface area contributed by atoms with Crippen molar-refractivity contribution in [3.8, 4) is 17.6 Å². The van der Waals surface area contributed by atoms with Crippen LogP contribution in [0.2, 0.25) is 0 Å². The first-order valence-electron chi connectivity index (χ1n) is 4.16. The number of hydrogen-bond acceptors (Lipinski definition) is 4. The lowest BCUT2D eigenvalue weighted by atomic mass is 10.2. The van der Waals surface area contributed by atoms with Gasteiger partial charge in [0.05, 0.1) is 25.5 Å². The maximum absolute atomic E-state index is 10.6. The second-order valence-electron chi connectivity index (χ2n) is 2.72. The Kier molecular flexibility index (Phi) is 4.10. The van der Waals surface area contributed by atoms with Crippen molar-refractivity contribution in [2.75, 3.05) is 18.9 Å². The topological polar surface area (TPSA) is 91.6 Å². The van der Waals surface area contributed by atoms with Crippen LogP contribution in [0.1, 0.15) is 5.56 Å². The Morgan fingerprint density at radius 2 is 1.94 bits per heavy atom. The molecule has 6 nitrogen and oxygen atoms in total. The Hall–Kier alpha value is -1.78. The monoisotopic (exact) mass is 242 g/mol. The van der Waals surface area contributed by atoms with Crippen LogP contribution < -0.4 is 14.2 Å². The van der Waals surface area contributed by atoms with Gasteiger partial charge in [-0.25, -0.2) is 4.21 Å². The van der Waals surface area contributed by atoms with E-state index in [1.807, 2.05) is 6.07 Å². The first-order valence-corrected chi connectivity index (χ1v) is 5.26. The summed E-state index contributed by atoms with van der Waals surface area (Å²) in [5.74, 6) is 0.753. The predicted molar refractivity (Wildman–Crippen MR) is 58.7 cm³/mol. The number of anilines is 1. The van der Waals surface area contributed by atoms with Crippen molar-refractivity contribution in [2.24, 2.45) is 0 Å². The summed E-state index contributed by atoms with van der Waals surface area (Å²) in [5.41, 5.74) is 0.404. The summed E-state index contributed by atoms with van der Waals surface area (Å²) in [6, 6.07) is 4.73. The van der Waals surface area contributed by atoms with Gasteiger partial charge in [-0.05, 0) is 0 Å². The molecule has 86 valence electrons. The van der Waals surface area contributed by atoms with Crippen LogP contribution >= 0.6 is 0 Å². The number of benzene rings is 1. The molecule has 0 saturated carbocycles. The minimum absolute atomic E-state index is 0.194. The van der Waals surface area contributed by atoms with E-state index >= 15 is 0 Å². The normalized spacial score (nSPS) is 11.4. The fourth-order valence-electron chi connectivity index (χ4n) is 1.15. The van der Waals surface area contributed by atoms with E-state index in [1.165, 1.54) is 26.4 Å². The first-order chi connectivity index (χ1) is 7.62. The van der Waals surface area contributed by atoms with E-state index in [4.69, 9.17) is 19.3 Å². The average Bonchev–Trinajstić information content (AvgIpc) is 2.27. The van der Waals surface area contributed by atoms with Crippen LogP contribution in [0.4, 0.5) is 5.69 Å². The van der Waals surface area contributed by atoms with E-state index in [0.29, 0.717) is 11.5 Å². The highest BCUT2D eigenvalue weighted by Crippen LogP contribution is 2.32.